The van der Waals surface area contributed by atoms with Gasteiger partial charge in [0.15, 0.2) is 0 Å². The smallest absolute Gasteiger partial charge is 0.0476 e. The molecule has 0 bridgehead atoms. The van der Waals surface area contributed by atoms with Crippen molar-refractivity contribution in [2.75, 3.05) is 13.2 Å². The first-order valence-corrected chi connectivity index (χ1v) is 6.73. The molecule has 2 nitrogen and oxygen atoms in total. The van der Waals surface area contributed by atoms with Crippen molar-refractivity contribution in [3.8, 4) is 0 Å². The monoisotopic (exact) mass is 237 g/mol. The third-order valence-corrected chi connectivity index (χ3v) is 4.23. The number of hydrogen-bond acceptors (Lipinski definition) is 3. The van der Waals surface area contributed by atoms with Crippen LogP contribution >= 0.6 is 11.8 Å². The fourth-order valence-corrected chi connectivity index (χ4v) is 2.94. The summed E-state index contributed by atoms with van der Waals surface area (Å²) in [6, 6.07) is 8.75. The van der Waals surface area contributed by atoms with Gasteiger partial charge in [-0.25, -0.2) is 0 Å². The topological polar surface area (TPSA) is 35.2 Å². The molecule has 16 heavy (non-hydrogen) atoms. The number of nitrogens with two attached hydrogens (primary N) is 1. The van der Waals surface area contributed by atoms with Crippen molar-refractivity contribution in [1.82, 2.24) is 0 Å². The molecule has 0 spiro atoms. The predicted octanol–water partition coefficient (Wildman–Crippen LogP) is 2.98. The molecule has 2 rings (SSSR count). The molecule has 0 aliphatic carbocycles. The summed E-state index contributed by atoms with van der Waals surface area (Å²) in [4.78, 5) is 1.34. The average Bonchev–Trinajstić information content (AvgIpc) is 2.31. The van der Waals surface area contributed by atoms with Crippen LogP contribution in [0, 0.1) is 0 Å². The van der Waals surface area contributed by atoms with Gasteiger partial charge in [-0.05, 0) is 37.5 Å². The molecule has 0 saturated carbocycles. The molecule has 88 valence electrons. The molecule has 1 atom stereocenters. The molecule has 0 aromatic heterocycles. The van der Waals surface area contributed by atoms with Crippen LogP contribution in [0.15, 0.2) is 29.2 Å². The minimum Gasteiger partial charge on any atom is -0.381 e. The van der Waals surface area contributed by atoms with E-state index in [1.54, 1.807) is 0 Å². The molecule has 1 aliphatic heterocycles. The number of rotatable bonds is 3. The van der Waals surface area contributed by atoms with Gasteiger partial charge in [0, 0.05) is 29.4 Å². The maximum absolute atomic E-state index is 5.82. The van der Waals surface area contributed by atoms with Gasteiger partial charge < -0.3 is 10.5 Å². The Hall–Kier alpha value is -0.510. The van der Waals surface area contributed by atoms with Crippen LogP contribution in [0.1, 0.15) is 31.4 Å². The first-order chi connectivity index (χ1) is 7.75. The van der Waals surface area contributed by atoms with Gasteiger partial charge in [-0.3, -0.25) is 0 Å². The van der Waals surface area contributed by atoms with Crippen LogP contribution in [0.4, 0.5) is 0 Å². The van der Waals surface area contributed by atoms with Gasteiger partial charge in [-0.15, -0.1) is 11.8 Å². The SMILES string of the molecule is CC(N)c1ccc(SC2CCOCC2)cc1. The lowest BCUT2D eigenvalue weighted by atomic mass is 10.1. The van der Waals surface area contributed by atoms with Crippen LogP contribution in [-0.4, -0.2) is 18.5 Å². The molecule has 1 fully saturated rings. The summed E-state index contributed by atoms with van der Waals surface area (Å²) in [6.45, 7) is 3.84. The molecular weight excluding hydrogens is 218 g/mol. The molecule has 2 N–H and O–H groups in total. The standard InChI is InChI=1S/C13H19NOS/c1-10(14)11-2-4-12(5-3-11)16-13-6-8-15-9-7-13/h2-5,10,13H,6-9,14H2,1H3. The van der Waals surface area contributed by atoms with E-state index >= 15 is 0 Å². The second kappa shape index (κ2) is 5.71. The third kappa shape index (κ3) is 3.24. The number of ether oxygens (including phenoxy) is 1. The van der Waals surface area contributed by atoms with Crippen LogP contribution in [0.25, 0.3) is 0 Å². The van der Waals surface area contributed by atoms with E-state index in [2.05, 4.69) is 24.3 Å². The van der Waals surface area contributed by atoms with E-state index < -0.39 is 0 Å². The highest BCUT2D eigenvalue weighted by Crippen LogP contribution is 2.30. The van der Waals surface area contributed by atoms with E-state index in [1.807, 2.05) is 18.7 Å². The summed E-state index contributed by atoms with van der Waals surface area (Å²) in [7, 11) is 0. The fraction of sp³-hybridized carbons (Fsp3) is 0.538. The second-order valence-corrected chi connectivity index (χ2v) is 5.66. The Morgan fingerprint density at radius 1 is 1.25 bits per heavy atom. The van der Waals surface area contributed by atoms with Crippen molar-refractivity contribution in [3.63, 3.8) is 0 Å². The first-order valence-electron chi connectivity index (χ1n) is 5.85. The van der Waals surface area contributed by atoms with E-state index in [0.717, 1.165) is 18.5 Å². The zero-order chi connectivity index (χ0) is 11.4. The molecule has 1 aromatic carbocycles. The maximum Gasteiger partial charge on any atom is 0.0476 e. The van der Waals surface area contributed by atoms with Crippen LogP contribution in [0.3, 0.4) is 0 Å². The molecule has 0 amide bonds. The summed E-state index contributed by atoms with van der Waals surface area (Å²) in [5, 5.41) is 0.717. The molecule has 1 aromatic rings. The predicted molar refractivity (Wildman–Crippen MR) is 68.7 cm³/mol. The maximum atomic E-state index is 5.82. The largest absolute Gasteiger partial charge is 0.381 e. The molecular formula is C13H19NOS. The van der Waals surface area contributed by atoms with Crippen molar-refractivity contribution in [2.24, 2.45) is 5.73 Å². The van der Waals surface area contributed by atoms with Crippen LogP contribution < -0.4 is 5.73 Å². The fourth-order valence-electron chi connectivity index (χ4n) is 1.84. The Labute approximate surface area is 102 Å². The van der Waals surface area contributed by atoms with Gasteiger partial charge in [0.2, 0.25) is 0 Å². The van der Waals surface area contributed by atoms with Gasteiger partial charge in [0.1, 0.15) is 0 Å². The van der Waals surface area contributed by atoms with Crippen LogP contribution in [-0.2, 0) is 4.74 Å². The highest BCUT2D eigenvalue weighted by atomic mass is 32.2. The van der Waals surface area contributed by atoms with Crippen LogP contribution in [0.5, 0.6) is 0 Å². The molecule has 1 saturated heterocycles. The van der Waals surface area contributed by atoms with Gasteiger partial charge >= 0.3 is 0 Å². The van der Waals surface area contributed by atoms with Crippen molar-refractivity contribution in [2.45, 2.75) is 36.0 Å². The van der Waals surface area contributed by atoms with Crippen molar-refractivity contribution >= 4 is 11.8 Å². The third-order valence-electron chi connectivity index (χ3n) is 2.88. The number of benzene rings is 1. The quantitative estimate of drug-likeness (QED) is 0.877. The normalized spacial score (nSPS) is 19.6. The summed E-state index contributed by atoms with van der Waals surface area (Å²) >= 11 is 1.96. The molecule has 0 radical (unpaired) electrons. The van der Waals surface area contributed by atoms with E-state index in [4.69, 9.17) is 10.5 Å². The van der Waals surface area contributed by atoms with E-state index in [0.29, 0.717) is 0 Å². The molecule has 1 aliphatic rings. The van der Waals surface area contributed by atoms with Gasteiger partial charge in [-0.2, -0.15) is 0 Å². The highest BCUT2D eigenvalue weighted by Gasteiger charge is 2.14. The van der Waals surface area contributed by atoms with E-state index in [1.165, 1.54) is 23.3 Å². The Kier molecular flexibility index (Phi) is 4.27. The van der Waals surface area contributed by atoms with E-state index in [-0.39, 0.29) is 6.04 Å². The molecule has 1 heterocycles. The van der Waals surface area contributed by atoms with Crippen molar-refractivity contribution in [3.05, 3.63) is 29.8 Å². The molecule has 1 unspecified atom stereocenters. The van der Waals surface area contributed by atoms with Crippen molar-refractivity contribution < 1.29 is 4.74 Å². The number of hydrogen-bond donors (Lipinski definition) is 1. The van der Waals surface area contributed by atoms with Crippen molar-refractivity contribution in [1.29, 1.82) is 0 Å². The van der Waals surface area contributed by atoms with Gasteiger partial charge in [0.25, 0.3) is 0 Å². The average molecular weight is 237 g/mol. The lowest BCUT2D eigenvalue weighted by Gasteiger charge is -2.21. The second-order valence-electron chi connectivity index (χ2n) is 4.29. The lowest BCUT2D eigenvalue weighted by molar-refractivity contribution is 0.100. The van der Waals surface area contributed by atoms with Gasteiger partial charge in [0.05, 0.1) is 0 Å². The lowest BCUT2D eigenvalue weighted by Crippen LogP contribution is -2.17. The van der Waals surface area contributed by atoms with Gasteiger partial charge in [-0.1, -0.05) is 12.1 Å². The Morgan fingerprint density at radius 2 is 1.88 bits per heavy atom. The van der Waals surface area contributed by atoms with Crippen LogP contribution in [0.2, 0.25) is 0 Å². The summed E-state index contributed by atoms with van der Waals surface area (Å²) in [6.07, 6.45) is 2.33. The minimum atomic E-state index is 0.127. The zero-order valence-electron chi connectivity index (χ0n) is 9.69. The van der Waals surface area contributed by atoms with E-state index in [9.17, 15) is 0 Å². The summed E-state index contributed by atoms with van der Waals surface area (Å²) < 4.78 is 5.36. The molecule has 3 heteroatoms. The Morgan fingerprint density at radius 3 is 2.44 bits per heavy atom. The summed E-state index contributed by atoms with van der Waals surface area (Å²) in [5.41, 5.74) is 7.03. The summed E-state index contributed by atoms with van der Waals surface area (Å²) in [5.74, 6) is 0. The highest BCUT2D eigenvalue weighted by molar-refractivity contribution is 8.00. The zero-order valence-corrected chi connectivity index (χ0v) is 10.5. The first kappa shape index (κ1) is 12.0. The Bertz CT molecular complexity index is 317. The number of thioether (sulfide) groups is 1. The minimum absolute atomic E-state index is 0.127. The Balaban J connectivity index is 1.93.